The molecule has 96 valence electrons. The van der Waals surface area contributed by atoms with Gasteiger partial charge in [-0.05, 0) is 22.0 Å². The fraction of sp³-hybridized carbons (Fsp3) is 0.0909. The lowest BCUT2D eigenvalue weighted by Crippen LogP contribution is -1.99. The Labute approximate surface area is 107 Å². The largest absolute Gasteiger partial charge is 0.432 e. The lowest BCUT2D eigenvalue weighted by molar-refractivity contribution is -0.390. The lowest BCUT2D eigenvalue weighted by atomic mass is 10.2. The van der Waals surface area contributed by atoms with Crippen LogP contribution in [0.5, 0.6) is 11.6 Å². The molecule has 8 nitrogen and oxygen atoms in total. The summed E-state index contributed by atoms with van der Waals surface area (Å²) in [7, 11) is 1.55. The predicted octanol–water partition coefficient (Wildman–Crippen LogP) is 1.57. The van der Waals surface area contributed by atoms with Crippen LogP contribution < -0.4 is 10.5 Å². The molecular formula is C11H9N5O3. The zero-order valence-electron chi connectivity index (χ0n) is 9.90. The number of rotatable bonds is 3. The maximum atomic E-state index is 10.8. The minimum absolute atomic E-state index is 0.0629. The number of nitrogens with zero attached hydrogens (tertiary/aromatic N) is 4. The van der Waals surface area contributed by atoms with Crippen LogP contribution >= 0.6 is 0 Å². The molecule has 2 aromatic rings. The minimum atomic E-state index is -0.659. The first-order valence-electron chi connectivity index (χ1n) is 5.16. The van der Waals surface area contributed by atoms with Crippen LogP contribution in [0.2, 0.25) is 0 Å². The Morgan fingerprint density at radius 1 is 1.58 bits per heavy atom. The number of nitrogen functional groups attached to an aromatic ring is 1. The van der Waals surface area contributed by atoms with E-state index in [-0.39, 0.29) is 22.9 Å². The van der Waals surface area contributed by atoms with E-state index in [1.807, 2.05) is 6.07 Å². The van der Waals surface area contributed by atoms with Gasteiger partial charge in [0.15, 0.2) is 0 Å². The van der Waals surface area contributed by atoms with Crippen LogP contribution in [-0.4, -0.2) is 14.5 Å². The highest BCUT2D eigenvalue weighted by atomic mass is 16.6. The van der Waals surface area contributed by atoms with Crippen LogP contribution in [0.25, 0.3) is 0 Å². The monoisotopic (exact) mass is 259 g/mol. The van der Waals surface area contributed by atoms with Crippen LogP contribution in [0.3, 0.4) is 0 Å². The van der Waals surface area contributed by atoms with E-state index < -0.39 is 10.7 Å². The number of ether oxygens (including phenoxy) is 1. The van der Waals surface area contributed by atoms with E-state index in [2.05, 4.69) is 4.98 Å². The highest BCUT2D eigenvalue weighted by molar-refractivity contribution is 5.61. The van der Waals surface area contributed by atoms with Crippen molar-refractivity contribution < 1.29 is 9.66 Å². The summed E-state index contributed by atoms with van der Waals surface area (Å²) in [6.07, 6.45) is 1.26. The van der Waals surface area contributed by atoms with Crippen molar-refractivity contribution in [1.82, 2.24) is 9.55 Å². The van der Waals surface area contributed by atoms with Gasteiger partial charge in [-0.25, -0.2) is 0 Å². The average Bonchev–Trinajstić information content (AvgIpc) is 2.71. The number of hydrogen-bond acceptors (Lipinski definition) is 6. The zero-order chi connectivity index (χ0) is 14.0. The second-order valence-electron chi connectivity index (χ2n) is 3.68. The van der Waals surface area contributed by atoms with E-state index >= 15 is 0 Å². The Morgan fingerprint density at radius 3 is 2.95 bits per heavy atom. The van der Waals surface area contributed by atoms with E-state index in [4.69, 9.17) is 15.7 Å². The SMILES string of the molecule is Cn1cnc([N+](=O)[O-])c1Oc1cccc(N)c1C#N. The Balaban J connectivity index is 2.48. The summed E-state index contributed by atoms with van der Waals surface area (Å²) < 4.78 is 6.75. The first kappa shape index (κ1) is 12.4. The highest BCUT2D eigenvalue weighted by Gasteiger charge is 2.23. The van der Waals surface area contributed by atoms with Crippen molar-refractivity contribution in [2.24, 2.45) is 7.05 Å². The molecule has 0 atom stereocenters. The summed E-state index contributed by atoms with van der Waals surface area (Å²) in [5.41, 5.74) is 6.00. The molecule has 0 fully saturated rings. The van der Waals surface area contributed by atoms with Crippen LogP contribution in [-0.2, 0) is 7.05 Å². The standard InChI is InChI=1S/C11H9N5O3/c1-15-6-14-10(16(17)18)11(15)19-9-4-2-3-8(13)7(9)5-12/h2-4,6H,13H2,1H3. The van der Waals surface area contributed by atoms with Crippen molar-refractivity contribution in [2.75, 3.05) is 5.73 Å². The van der Waals surface area contributed by atoms with E-state index in [0.717, 1.165) is 0 Å². The number of benzene rings is 1. The quantitative estimate of drug-likeness (QED) is 0.507. The van der Waals surface area contributed by atoms with Crippen molar-refractivity contribution in [2.45, 2.75) is 0 Å². The Kier molecular flexibility index (Phi) is 3.03. The highest BCUT2D eigenvalue weighted by Crippen LogP contribution is 2.32. The molecule has 8 heteroatoms. The Hall–Kier alpha value is -3.08. The second kappa shape index (κ2) is 4.66. The van der Waals surface area contributed by atoms with Gasteiger partial charge in [0.05, 0.1) is 5.69 Å². The number of aromatic nitrogens is 2. The van der Waals surface area contributed by atoms with Gasteiger partial charge in [0, 0.05) is 7.05 Å². The summed E-state index contributed by atoms with van der Waals surface area (Å²) in [4.78, 5) is 13.8. The third-order valence-electron chi connectivity index (χ3n) is 2.41. The van der Waals surface area contributed by atoms with Gasteiger partial charge >= 0.3 is 11.7 Å². The smallest absolute Gasteiger partial charge is 0.427 e. The maximum Gasteiger partial charge on any atom is 0.427 e. The van der Waals surface area contributed by atoms with Crippen molar-refractivity contribution in [3.63, 3.8) is 0 Å². The summed E-state index contributed by atoms with van der Waals surface area (Å²) >= 11 is 0. The van der Waals surface area contributed by atoms with Gasteiger partial charge in [-0.15, -0.1) is 0 Å². The molecule has 0 spiro atoms. The van der Waals surface area contributed by atoms with E-state index in [9.17, 15) is 10.1 Å². The molecule has 0 aliphatic rings. The van der Waals surface area contributed by atoms with Gasteiger partial charge in [-0.2, -0.15) is 5.26 Å². The summed E-state index contributed by atoms with van der Waals surface area (Å²) in [6.45, 7) is 0. The molecule has 1 heterocycles. The minimum Gasteiger partial charge on any atom is -0.432 e. The van der Waals surface area contributed by atoms with Gasteiger partial charge < -0.3 is 20.6 Å². The van der Waals surface area contributed by atoms with Gasteiger partial charge in [0.25, 0.3) is 0 Å². The number of anilines is 1. The Bertz CT molecular complexity index is 686. The molecule has 2 rings (SSSR count). The molecule has 1 aromatic carbocycles. The third-order valence-corrected chi connectivity index (χ3v) is 2.41. The van der Waals surface area contributed by atoms with Crippen LogP contribution in [0.1, 0.15) is 5.56 Å². The number of hydrogen-bond donors (Lipinski definition) is 1. The van der Waals surface area contributed by atoms with Crippen LogP contribution in [0.4, 0.5) is 11.5 Å². The average molecular weight is 259 g/mol. The first-order valence-corrected chi connectivity index (χ1v) is 5.16. The molecule has 2 N–H and O–H groups in total. The molecule has 0 saturated heterocycles. The van der Waals surface area contributed by atoms with Crippen molar-refractivity contribution in [3.8, 4) is 17.7 Å². The van der Waals surface area contributed by atoms with Crippen LogP contribution in [0, 0.1) is 21.4 Å². The van der Waals surface area contributed by atoms with Crippen molar-refractivity contribution in [1.29, 1.82) is 5.26 Å². The molecule has 0 saturated carbocycles. The van der Waals surface area contributed by atoms with Crippen molar-refractivity contribution in [3.05, 3.63) is 40.2 Å². The number of nitriles is 1. The first-order chi connectivity index (χ1) is 9.04. The molecule has 0 radical (unpaired) electrons. The second-order valence-corrected chi connectivity index (χ2v) is 3.68. The summed E-state index contributed by atoms with van der Waals surface area (Å²) in [5.74, 6) is -0.338. The van der Waals surface area contributed by atoms with E-state index in [0.29, 0.717) is 0 Å². The lowest BCUT2D eigenvalue weighted by Gasteiger charge is -2.08. The fourth-order valence-electron chi connectivity index (χ4n) is 1.51. The topological polar surface area (TPSA) is 120 Å². The molecule has 0 aliphatic heterocycles. The normalized spacial score (nSPS) is 9.89. The molecule has 0 amide bonds. The van der Waals surface area contributed by atoms with Gasteiger partial charge in [-0.3, -0.25) is 4.57 Å². The summed E-state index contributed by atoms with van der Waals surface area (Å²) in [6, 6.07) is 6.54. The molecule has 0 bridgehead atoms. The van der Waals surface area contributed by atoms with Gasteiger partial charge in [0.1, 0.15) is 17.4 Å². The number of nitrogens with two attached hydrogens (primary N) is 1. The molecule has 19 heavy (non-hydrogen) atoms. The molecular weight excluding hydrogens is 250 g/mol. The third kappa shape index (κ3) is 2.16. The Morgan fingerprint density at radius 2 is 2.32 bits per heavy atom. The number of nitro groups is 1. The molecule has 0 aliphatic carbocycles. The predicted molar refractivity (Wildman–Crippen MR) is 65.5 cm³/mol. The van der Waals surface area contributed by atoms with Crippen LogP contribution in [0.15, 0.2) is 24.5 Å². The van der Waals surface area contributed by atoms with Crippen molar-refractivity contribution >= 4 is 11.5 Å². The number of aryl methyl sites for hydroxylation is 1. The van der Waals surface area contributed by atoms with Gasteiger partial charge in [-0.1, -0.05) is 6.07 Å². The maximum absolute atomic E-state index is 10.8. The number of imidazole rings is 1. The molecule has 0 unspecified atom stereocenters. The summed E-state index contributed by atoms with van der Waals surface area (Å²) in [5, 5.41) is 19.8. The van der Waals surface area contributed by atoms with Gasteiger partial charge in [0.2, 0.25) is 6.33 Å². The van der Waals surface area contributed by atoms with E-state index in [1.165, 1.54) is 17.0 Å². The van der Waals surface area contributed by atoms with E-state index in [1.54, 1.807) is 19.2 Å². The fourth-order valence-corrected chi connectivity index (χ4v) is 1.51. The molecule has 1 aromatic heterocycles. The zero-order valence-corrected chi connectivity index (χ0v) is 9.90.